The summed E-state index contributed by atoms with van der Waals surface area (Å²) >= 11 is 5.12. The summed E-state index contributed by atoms with van der Waals surface area (Å²) in [6.45, 7) is 3.11. The van der Waals surface area contributed by atoms with E-state index in [0.717, 1.165) is 29.4 Å². The van der Waals surface area contributed by atoms with Gasteiger partial charge in [-0.25, -0.2) is 4.39 Å². The van der Waals surface area contributed by atoms with Gasteiger partial charge in [0.25, 0.3) is 0 Å². The Morgan fingerprint density at radius 3 is 2.85 bits per heavy atom. The molecule has 0 amide bonds. The number of hydrogen-bond donors (Lipinski definition) is 1. The van der Waals surface area contributed by atoms with Crippen molar-refractivity contribution in [2.24, 2.45) is 0 Å². The smallest absolute Gasteiger partial charge is 0.126 e. The maximum absolute atomic E-state index is 13.9. The van der Waals surface area contributed by atoms with Gasteiger partial charge in [-0.05, 0) is 72.0 Å². The molecule has 1 N–H and O–H groups in total. The van der Waals surface area contributed by atoms with Gasteiger partial charge in [-0.1, -0.05) is 22.9 Å². The fourth-order valence-corrected chi connectivity index (χ4v) is 3.31. The minimum absolute atomic E-state index is 0.123. The van der Waals surface area contributed by atoms with Gasteiger partial charge in [0.05, 0.1) is 0 Å². The first-order chi connectivity index (χ1) is 9.69. The lowest BCUT2D eigenvalue weighted by molar-refractivity contribution is 0.492. The fraction of sp³-hybridized carbons (Fsp3) is 0.375. The lowest BCUT2D eigenvalue weighted by atomic mass is 10.00. The maximum atomic E-state index is 13.9. The van der Waals surface area contributed by atoms with Crippen molar-refractivity contribution in [1.29, 1.82) is 0 Å². The van der Waals surface area contributed by atoms with Crippen LogP contribution in [0.3, 0.4) is 0 Å². The molecule has 20 heavy (non-hydrogen) atoms. The van der Waals surface area contributed by atoms with Crippen LogP contribution in [0, 0.1) is 5.82 Å². The van der Waals surface area contributed by atoms with Crippen molar-refractivity contribution in [3.63, 3.8) is 0 Å². The van der Waals surface area contributed by atoms with E-state index in [-0.39, 0.29) is 11.9 Å². The average molecular weight is 356 g/mol. The molecule has 2 rings (SSSR count). The average Bonchev–Trinajstić information content (AvgIpc) is 2.93. The normalized spacial score (nSPS) is 12.6. The highest BCUT2D eigenvalue weighted by Gasteiger charge is 2.13. The topological polar surface area (TPSA) is 12.0 Å². The number of thiophene rings is 1. The van der Waals surface area contributed by atoms with Gasteiger partial charge in [-0.15, -0.1) is 0 Å². The summed E-state index contributed by atoms with van der Waals surface area (Å²) in [6, 6.07) is 7.56. The second-order valence-corrected chi connectivity index (χ2v) is 6.62. The number of rotatable bonds is 7. The van der Waals surface area contributed by atoms with Gasteiger partial charge in [0.15, 0.2) is 0 Å². The zero-order chi connectivity index (χ0) is 14.4. The summed E-state index contributed by atoms with van der Waals surface area (Å²) < 4.78 is 14.8. The fourth-order valence-electron chi connectivity index (χ4n) is 2.22. The first kappa shape index (κ1) is 15.7. The quantitative estimate of drug-likeness (QED) is 0.751. The Balaban J connectivity index is 2.08. The highest BCUT2D eigenvalue weighted by atomic mass is 79.9. The zero-order valence-electron chi connectivity index (χ0n) is 11.5. The van der Waals surface area contributed by atoms with Crippen molar-refractivity contribution in [2.45, 2.75) is 32.2 Å². The third-order valence-electron chi connectivity index (χ3n) is 3.22. The van der Waals surface area contributed by atoms with E-state index in [0.29, 0.717) is 6.42 Å². The van der Waals surface area contributed by atoms with E-state index in [1.54, 1.807) is 17.4 Å². The summed E-state index contributed by atoms with van der Waals surface area (Å²) in [4.78, 5) is 0. The van der Waals surface area contributed by atoms with E-state index in [1.807, 2.05) is 6.07 Å². The molecule has 0 saturated heterocycles. The second kappa shape index (κ2) is 7.91. The SMILES string of the molecule is CCCNC(Cc1ccsc1)Cc1cc(Br)ccc1F. The molecule has 4 heteroatoms. The highest BCUT2D eigenvalue weighted by Crippen LogP contribution is 2.19. The maximum Gasteiger partial charge on any atom is 0.126 e. The third kappa shape index (κ3) is 4.69. The molecule has 1 heterocycles. The minimum atomic E-state index is -0.123. The molecule has 1 aromatic heterocycles. The Kier molecular flexibility index (Phi) is 6.20. The standard InChI is InChI=1S/C16H19BrFNS/c1-2-6-19-15(8-12-5-7-20-11-12)10-13-9-14(17)3-4-16(13)18/h3-5,7,9,11,15,19H,2,6,8,10H2,1H3. The Morgan fingerprint density at radius 1 is 1.30 bits per heavy atom. The van der Waals surface area contributed by atoms with Crippen LogP contribution in [0.15, 0.2) is 39.5 Å². The summed E-state index contributed by atoms with van der Waals surface area (Å²) in [5.41, 5.74) is 2.09. The van der Waals surface area contributed by atoms with Crippen LogP contribution in [0.5, 0.6) is 0 Å². The molecule has 2 aromatic rings. The van der Waals surface area contributed by atoms with Crippen LogP contribution >= 0.6 is 27.3 Å². The molecule has 108 valence electrons. The zero-order valence-corrected chi connectivity index (χ0v) is 13.9. The second-order valence-electron chi connectivity index (χ2n) is 4.93. The van der Waals surface area contributed by atoms with Gasteiger partial charge in [0, 0.05) is 10.5 Å². The van der Waals surface area contributed by atoms with E-state index >= 15 is 0 Å². The van der Waals surface area contributed by atoms with Crippen molar-refractivity contribution in [2.75, 3.05) is 6.54 Å². The molecule has 0 bridgehead atoms. The van der Waals surface area contributed by atoms with Crippen molar-refractivity contribution < 1.29 is 4.39 Å². The Bertz CT molecular complexity index is 527. The van der Waals surface area contributed by atoms with Crippen molar-refractivity contribution >= 4 is 27.3 Å². The number of hydrogen-bond acceptors (Lipinski definition) is 2. The molecule has 1 atom stereocenters. The van der Waals surface area contributed by atoms with Crippen LogP contribution < -0.4 is 5.32 Å². The molecule has 1 aromatic carbocycles. The van der Waals surface area contributed by atoms with Gasteiger partial charge in [-0.3, -0.25) is 0 Å². The number of halogens is 2. The monoisotopic (exact) mass is 355 g/mol. The van der Waals surface area contributed by atoms with E-state index < -0.39 is 0 Å². The minimum Gasteiger partial charge on any atom is -0.313 e. The molecule has 0 saturated carbocycles. The van der Waals surface area contributed by atoms with Crippen LogP contribution in [0.2, 0.25) is 0 Å². The highest BCUT2D eigenvalue weighted by molar-refractivity contribution is 9.10. The van der Waals surface area contributed by atoms with Gasteiger partial charge in [-0.2, -0.15) is 11.3 Å². The van der Waals surface area contributed by atoms with Crippen LogP contribution in [0.1, 0.15) is 24.5 Å². The van der Waals surface area contributed by atoms with Gasteiger partial charge >= 0.3 is 0 Å². The Labute approximate surface area is 132 Å². The van der Waals surface area contributed by atoms with Crippen LogP contribution in [0.4, 0.5) is 4.39 Å². The molecule has 0 aliphatic carbocycles. The predicted octanol–water partition coefficient (Wildman–Crippen LogP) is 4.80. The van der Waals surface area contributed by atoms with Crippen LogP contribution in [-0.2, 0) is 12.8 Å². The molecule has 0 radical (unpaired) electrons. The molecule has 1 nitrogen and oxygen atoms in total. The third-order valence-corrected chi connectivity index (χ3v) is 4.44. The molecular formula is C16H19BrFNS. The first-order valence-corrected chi connectivity index (χ1v) is 8.61. The summed E-state index contributed by atoms with van der Waals surface area (Å²) in [5.74, 6) is -0.123. The lowest BCUT2D eigenvalue weighted by Crippen LogP contribution is -2.34. The number of benzene rings is 1. The molecule has 0 aliphatic rings. The lowest BCUT2D eigenvalue weighted by Gasteiger charge is -2.18. The molecule has 0 spiro atoms. The van der Waals surface area contributed by atoms with Crippen molar-refractivity contribution in [1.82, 2.24) is 5.32 Å². The van der Waals surface area contributed by atoms with E-state index in [1.165, 1.54) is 11.6 Å². The van der Waals surface area contributed by atoms with E-state index in [4.69, 9.17) is 0 Å². The number of nitrogens with one attached hydrogen (secondary N) is 1. The van der Waals surface area contributed by atoms with Crippen molar-refractivity contribution in [3.05, 3.63) is 56.4 Å². The predicted molar refractivity (Wildman–Crippen MR) is 87.9 cm³/mol. The van der Waals surface area contributed by atoms with Gasteiger partial charge in [0.2, 0.25) is 0 Å². The van der Waals surface area contributed by atoms with Crippen LogP contribution in [0.25, 0.3) is 0 Å². The molecule has 0 fully saturated rings. The molecule has 0 aliphatic heterocycles. The van der Waals surface area contributed by atoms with E-state index in [9.17, 15) is 4.39 Å². The Hall–Kier alpha value is -0.710. The summed E-state index contributed by atoms with van der Waals surface area (Å²) in [7, 11) is 0. The molecule has 1 unspecified atom stereocenters. The molecular weight excluding hydrogens is 337 g/mol. The largest absolute Gasteiger partial charge is 0.313 e. The van der Waals surface area contributed by atoms with Gasteiger partial charge < -0.3 is 5.32 Å². The van der Waals surface area contributed by atoms with Crippen molar-refractivity contribution in [3.8, 4) is 0 Å². The van der Waals surface area contributed by atoms with Gasteiger partial charge in [0.1, 0.15) is 5.82 Å². The summed E-state index contributed by atoms with van der Waals surface area (Å²) in [5, 5.41) is 7.78. The summed E-state index contributed by atoms with van der Waals surface area (Å²) in [6.07, 6.45) is 2.73. The first-order valence-electron chi connectivity index (χ1n) is 6.87. The Morgan fingerprint density at radius 2 is 2.15 bits per heavy atom. The van der Waals surface area contributed by atoms with Crippen LogP contribution in [-0.4, -0.2) is 12.6 Å². The van der Waals surface area contributed by atoms with E-state index in [2.05, 4.69) is 45.0 Å².